The number of aliphatic hydroxyl groups excluding tert-OH is 1. The second-order valence-electron chi connectivity index (χ2n) is 7.21. The van der Waals surface area contributed by atoms with Gasteiger partial charge in [0.15, 0.2) is 0 Å². The maximum atomic E-state index is 12.5. The first-order valence-corrected chi connectivity index (χ1v) is 8.87. The second-order valence-corrected chi connectivity index (χ2v) is 7.21. The summed E-state index contributed by atoms with van der Waals surface area (Å²) >= 11 is 0. The fourth-order valence-corrected chi connectivity index (χ4v) is 4.54. The number of carbonyl (C=O) groups excluding carboxylic acids is 3. The first-order chi connectivity index (χ1) is 12.4. The van der Waals surface area contributed by atoms with Gasteiger partial charge in [0.05, 0.1) is 11.6 Å². The number of aliphatic hydroxyl groups is 1. The first kappa shape index (κ1) is 18.4. The highest BCUT2D eigenvalue weighted by molar-refractivity contribution is 5.80. The van der Waals surface area contributed by atoms with Gasteiger partial charge in [0.25, 0.3) is 0 Å². The molecule has 3 rings (SSSR count). The van der Waals surface area contributed by atoms with Gasteiger partial charge in [-0.25, -0.2) is 0 Å². The summed E-state index contributed by atoms with van der Waals surface area (Å²) in [6.45, 7) is 3.62. The highest BCUT2D eigenvalue weighted by atomic mass is 16.3. The van der Waals surface area contributed by atoms with Crippen LogP contribution < -0.4 is 5.32 Å². The average molecular weight is 359 g/mol. The van der Waals surface area contributed by atoms with Crippen molar-refractivity contribution in [2.45, 2.75) is 31.8 Å². The molecule has 140 valence electrons. The minimum atomic E-state index is -0.707. The molecular weight excluding hydrogens is 334 g/mol. The predicted octanol–water partition coefficient (Wildman–Crippen LogP) is 0.305. The summed E-state index contributed by atoms with van der Waals surface area (Å²) < 4.78 is 0. The molecule has 2 aliphatic heterocycles. The largest absolute Gasteiger partial charge is 0.387 e. The quantitative estimate of drug-likeness (QED) is 0.813. The lowest BCUT2D eigenvalue weighted by molar-refractivity contribution is -0.135. The molecule has 0 unspecified atom stereocenters. The topological polar surface area (TPSA) is 90.0 Å². The second kappa shape index (κ2) is 7.07. The highest BCUT2D eigenvalue weighted by Crippen LogP contribution is 2.47. The fraction of sp³-hybridized carbons (Fsp3) is 0.526. The molecule has 0 aliphatic carbocycles. The van der Waals surface area contributed by atoms with E-state index in [2.05, 4.69) is 5.32 Å². The molecule has 1 aromatic carbocycles. The minimum Gasteiger partial charge on any atom is -0.387 e. The van der Waals surface area contributed by atoms with Gasteiger partial charge in [-0.3, -0.25) is 14.4 Å². The van der Waals surface area contributed by atoms with Gasteiger partial charge in [0.1, 0.15) is 6.61 Å². The summed E-state index contributed by atoms with van der Waals surface area (Å²) in [5, 5.41) is 12.5. The van der Waals surface area contributed by atoms with Crippen LogP contribution in [0.5, 0.6) is 0 Å². The van der Waals surface area contributed by atoms with Crippen LogP contribution in [0.15, 0.2) is 30.3 Å². The molecule has 0 aromatic heterocycles. The van der Waals surface area contributed by atoms with Gasteiger partial charge in [-0.1, -0.05) is 30.3 Å². The Kier molecular flexibility index (Phi) is 5.00. The van der Waals surface area contributed by atoms with Crippen molar-refractivity contribution in [3.63, 3.8) is 0 Å². The predicted molar refractivity (Wildman–Crippen MR) is 94.9 cm³/mol. The van der Waals surface area contributed by atoms with Crippen LogP contribution in [0, 0.1) is 5.92 Å². The van der Waals surface area contributed by atoms with Crippen LogP contribution in [-0.4, -0.2) is 64.4 Å². The van der Waals surface area contributed by atoms with Crippen LogP contribution in [0.3, 0.4) is 0 Å². The van der Waals surface area contributed by atoms with Gasteiger partial charge in [0.2, 0.25) is 17.7 Å². The van der Waals surface area contributed by atoms with E-state index in [1.807, 2.05) is 30.3 Å². The van der Waals surface area contributed by atoms with E-state index in [0.29, 0.717) is 19.5 Å². The van der Waals surface area contributed by atoms with Crippen LogP contribution in [-0.2, 0) is 14.4 Å². The Labute approximate surface area is 153 Å². The van der Waals surface area contributed by atoms with Crippen molar-refractivity contribution in [2.24, 2.45) is 5.92 Å². The lowest BCUT2D eigenvalue weighted by atomic mass is 9.75. The third-order valence-corrected chi connectivity index (χ3v) is 5.53. The molecule has 7 nitrogen and oxygen atoms in total. The zero-order valence-corrected chi connectivity index (χ0v) is 15.1. The number of benzene rings is 1. The molecule has 0 spiro atoms. The van der Waals surface area contributed by atoms with Gasteiger partial charge in [-0.2, -0.15) is 0 Å². The van der Waals surface area contributed by atoms with Gasteiger partial charge < -0.3 is 20.2 Å². The van der Waals surface area contributed by atoms with Crippen LogP contribution in [0.4, 0.5) is 0 Å². The Bertz CT molecular complexity index is 708. The van der Waals surface area contributed by atoms with E-state index in [9.17, 15) is 19.5 Å². The lowest BCUT2D eigenvalue weighted by Gasteiger charge is -2.45. The maximum absolute atomic E-state index is 12.5. The maximum Gasteiger partial charge on any atom is 0.248 e. The Balaban J connectivity index is 2.05. The molecule has 3 atom stereocenters. The number of fused-ring (bicyclic) bond motifs is 1. The Morgan fingerprint density at radius 3 is 2.46 bits per heavy atom. The zero-order chi connectivity index (χ0) is 18.9. The van der Waals surface area contributed by atoms with Gasteiger partial charge in [-0.05, 0) is 12.0 Å². The van der Waals surface area contributed by atoms with Crippen LogP contribution in [0.1, 0.15) is 31.9 Å². The smallest absolute Gasteiger partial charge is 0.248 e. The molecule has 2 saturated heterocycles. The summed E-state index contributed by atoms with van der Waals surface area (Å²) in [7, 11) is 0. The summed E-state index contributed by atoms with van der Waals surface area (Å²) in [5.41, 5.74) is 0.268. The minimum absolute atomic E-state index is 0.0279. The first-order valence-electron chi connectivity index (χ1n) is 8.87. The Hall–Kier alpha value is -2.41. The van der Waals surface area contributed by atoms with E-state index in [1.54, 1.807) is 9.80 Å². The van der Waals surface area contributed by atoms with E-state index < -0.39 is 12.1 Å². The molecular formula is C19H25N3O4. The van der Waals surface area contributed by atoms with E-state index >= 15 is 0 Å². The summed E-state index contributed by atoms with van der Waals surface area (Å²) in [4.78, 5) is 39.7. The van der Waals surface area contributed by atoms with Crippen molar-refractivity contribution >= 4 is 17.7 Å². The standard InChI is InChI=1S/C19H25N3O4/c1-13(24)20-19-11-21(14(2)25)9-8-16(19)18(15-6-4-3-5-7-15)22(12-19)17(26)10-23/h3-7,16,18,23H,8-12H2,1-2H3,(H,20,24)/t16-,18-,19-/m1/s1. The zero-order valence-electron chi connectivity index (χ0n) is 15.1. The summed E-state index contributed by atoms with van der Waals surface area (Å²) in [6.07, 6.45) is 0.675. The molecule has 2 N–H and O–H groups in total. The molecule has 0 radical (unpaired) electrons. The van der Waals surface area contributed by atoms with E-state index in [0.717, 1.165) is 5.56 Å². The van der Waals surface area contributed by atoms with E-state index in [4.69, 9.17) is 0 Å². The van der Waals surface area contributed by atoms with Crippen molar-refractivity contribution in [2.75, 3.05) is 26.2 Å². The number of hydrogen-bond donors (Lipinski definition) is 2. The van der Waals surface area contributed by atoms with Crippen LogP contribution >= 0.6 is 0 Å². The third-order valence-electron chi connectivity index (χ3n) is 5.53. The van der Waals surface area contributed by atoms with E-state index in [-0.39, 0.29) is 36.2 Å². The molecule has 7 heteroatoms. The Morgan fingerprint density at radius 2 is 1.88 bits per heavy atom. The number of nitrogens with zero attached hydrogens (tertiary/aromatic N) is 2. The Morgan fingerprint density at radius 1 is 1.19 bits per heavy atom. The molecule has 0 bridgehead atoms. The molecule has 1 aromatic rings. The number of likely N-dealkylation sites (tertiary alicyclic amines) is 2. The van der Waals surface area contributed by atoms with Crippen molar-refractivity contribution in [1.82, 2.24) is 15.1 Å². The lowest BCUT2D eigenvalue weighted by Crippen LogP contribution is -2.64. The number of carbonyl (C=O) groups is 3. The number of nitrogens with one attached hydrogen (secondary N) is 1. The monoisotopic (exact) mass is 359 g/mol. The van der Waals surface area contributed by atoms with Crippen molar-refractivity contribution in [3.8, 4) is 0 Å². The molecule has 26 heavy (non-hydrogen) atoms. The van der Waals surface area contributed by atoms with Gasteiger partial charge in [-0.15, -0.1) is 0 Å². The number of piperidine rings is 1. The van der Waals surface area contributed by atoms with Gasteiger partial charge in [0, 0.05) is 39.4 Å². The van der Waals surface area contributed by atoms with Crippen LogP contribution in [0.25, 0.3) is 0 Å². The number of amides is 3. The molecule has 2 aliphatic rings. The number of rotatable bonds is 3. The highest BCUT2D eigenvalue weighted by Gasteiger charge is 2.57. The average Bonchev–Trinajstić information content (AvgIpc) is 2.94. The number of hydrogen-bond acceptors (Lipinski definition) is 4. The summed E-state index contributed by atoms with van der Waals surface area (Å²) in [5.74, 6) is -0.630. The molecule has 2 heterocycles. The van der Waals surface area contributed by atoms with Crippen molar-refractivity contribution < 1.29 is 19.5 Å². The van der Waals surface area contributed by atoms with Crippen molar-refractivity contribution in [1.29, 1.82) is 0 Å². The summed E-state index contributed by atoms with van der Waals surface area (Å²) in [6, 6.07) is 9.43. The van der Waals surface area contributed by atoms with Gasteiger partial charge >= 0.3 is 0 Å². The normalized spacial score (nSPS) is 27.8. The van der Waals surface area contributed by atoms with Crippen molar-refractivity contribution in [3.05, 3.63) is 35.9 Å². The van der Waals surface area contributed by atoms with E-state index in [1.165, 1.54) is 13.8 Å². The fourth-order valence-electron chi connectivity index (χ4n) is 4.54. The SMILES string of the molecule is CC(=O)N[C@@]12CN(C(C)=O)CC[C@@H]1[C@@H](c1ccccc1)N(C(=O)CO)C2. The molecule has 0 saturated carbocycles. The molecule has 2 fully saturated rings. The van der Waals surface area contributed by atoms with Crippen LogP contribution in [0.2, 0.25) is 0 Å². The third kappa shape index (κ3) is 3.19. The molecule has 3 amide bonds.